The zero-order valence-corrected chi connectivity index (χ0v) is 39.5. The molecule has 4 aliphatic rings. The first-order valence-electron chi connectivity index (χ1n) is 23.0. The van der Waals surface area contributed by atoms with E-state index in [1.807, 2.05) is 0 Å². The van der Waals surface area contributed by atoms with E-state index in [1.165, 1.54) is 50.2 Å². The minimum absolute atomic E-state index is 0.0306. The molecule has 1 heterocycles. The van der Waals surface area contributed by atoms with Gasteiger partial charge in [0.25, 0.3) is 5.91 Å². The highest BCUT2D eigenvalue weighted by Gasteiger charge is 2.78. The number of hydrogen-bond acceptors (Lipinski definition) is 15. The Balaban J connectivity index is 1.20. The van der Waals surface area contributed by atoms with Gasteiger partial charge in [0.05, 0.1) is 35.6 Å². The summed E-state index contributed by atoms with van der Waals surface area (Å²) in [5.74, 6) is -7.38. The third-order valence-electron chi connectivity index (χ3n) is 14.9. The van der Waals surface area contributed by atoms with Crippen molar-refractivity contribution in [3.8, 4) is 0 Å². The fraction of sp³-hybridized carbons (Fsp3) is 0.389. The lowest BCUT2D eigenvalue weighted by Gasteiger charge is -2.67. The number of hydrogen-bond donors (Lipinski definition) is 4. The first-order valence-corrected chi connectivity index (χ1v) is 23.0. The Bertz CT molecular complexity index is 2740. The quantitative estimate of drug-likeness (QED) is 0.0635. The Morgan fingerprint density at radius 2 is 1.30 bits per heavy atom. The SMILES string of the molecule is CC(=O)O[C@H]1C(=O)[C@@]2(C)C([C@H](OC(=O)c3ccccc3)[C@]3(O)C[C@H](OC(=O)[C@H](O)[C@@H](NC(=O)c4ccc(C(=O)c5ccccc5)cc4)c4ccccc4)C(C)=C1C3(C)C)[C@]1(OC(C)=O)CO[C@@H]1C[C@@H]2O. The van der Waals surface area contributed by atoms with Crippen LogP contribution in [0.2, 0.25) is 0 Å². The number of esters is 4. The molecule has 3 fully saturated rings. The van der Waals surface area contributed by atoms with E-state index in [0.717, 1.165) is 13.8 Å². The maximum Gasteiger partial charge on any atom is 0.338 e. The number of aliphatic hydroxyl groups excluding tert-OH is 2. The molecule has 3 aliphatic carbocycles. The van der Waals surface area contributed by atoms with Gasteiger partial charge in [0.15, 0.2) is 29.4 Å². The highest BCUT2D eigenvalue weighted by atomic mass is 16.6. The maximum atomic E-state index is 15.6. The average molecular weight is 958 g/mol. The van der Waals surface area contributed by atoms with Crippen LogP contribution >= 0.6 is 0 Å². The molecule has 16 heteroatoms. The number of fused-ring (bicyclic) bond motifs is 5. The molecule has 1 aliphatic heterocycles. The van der Waals surface area contributed by atoms with Gasteiger partial charge in [0.2, 0.25) is 0 Å². The van der Waals surface area contributed by atoms with Gasteiger partial charge in [-0.1, -0.05) is 105 Å². The van der Waals surface area contributed by atoms with Gasteiger partial charge in [0.1, 0.15) is 23.9 Å². The van der Waals surface area contributed by atoms with Gasteiger partial charge in [-0.3, -0.25) is 24.0 Å². The molecule has 0 spiro atoms. The predicted molar refractivity (Wildman–Crippen MR) is 248 cm³/mol. The Labute approximate surface area is 403 Å². The molecule has 4 aromatic carbocycles. The van der Waals surface area contributed by atoms with Gasteiger partial charge in [-0.15, -0.1) is 0 Å². The number of amides is 1. The van der Waals surface area contributed by atoms with E-state index in [1.54, 1.807) is 92.7 Å². The molecule has 0 radical (unpaired) electrons. The molecule has 8 rings (SSSR count). The second kappa shape index (κ2) is 18.8. The lowest BCUT2D eigenvalue weighted by molar-refractivity contribution is -0.346. The molecule has 1 saturated heterocycles. The molecule has 70 heavy (non-hydrogen) atoms. The lowest BCUT2D eigenvalue weighted by atomic mass is 9.44. The van der Waals surface area contributed by atoms with Gasteiger partial charge in [-0.2, -0.15) is 0 Å². The van der Waals surface area contributed by atoms with E-state index in [2.05, 4.69) is 5.32 Å². The number of ketones is 2. The number of rotatable bonds is 12. The average Bonchev–Trinajstić information content (AvgIpc) is 3.34. The van der Waals surface area contributed by atoms with Crippen LogP contribution in [0.25, 0.3) is 0 Å². The van der Waals surface area contributed by atoms with Crippen molar-refractivity contribution in [2.24, 2.45) is 16.7 Å². The Morgan fingerprint density at radius 3 is 1.86 bits per heavy atom. The molecular formula is C54H55NO15. The highest BCUT2D eigenvalue weighted by molar-refractivity contribution is 6.09. The third kappa shape index (κ3) is 8.41. The standard InChI is InChI=1S/C54H55NO15/c1-29-37(68-50(64)43(60)41(32-16-10-7-11-17-32)55-48(62)35-24-22-34(23-25-35)42(59)33-18-12-8-13-19-33)27-54(65)47(69-49(63)36-20-14-9-15-21-36)45-52(6,38(58)26-39-53(45,28-66-39)70-31(3)57)46(61)44(67-30(2)56)40(29)51(54,4)5/h7-25,37-39,41,43-45,47,58,60,65H,26-28H2,1-6H3,(H,55,62)/t37-,38-,39+,41-,43+,44+,45?,47-,52+,53-,54+/m0/s1. The van der Waals surface area contributed by atoms with E-state index in [0.29, 0.717) is 16.7 Å². The summed E-state index contributed by atoms with van der Waals surface area (Å²) in [6.07, 6.45) is -10.8. The van der Waals surface area contributed by atoms with Crippen LogP contribution in [0.3, 0.4) is 0 Å². The van der Waals surface area contributed by atoms with Crippen LogP contribution in [0.1, 0.15) is 103 Å². The topological polar surface area (TPSA) is 238 Å². The minimum Gasteiger partial charge on any atom is -0.456 e. The number of aliphatic hydroxyl groups is 3. The summed E-state index contributed by atoms with van der Waals surface area (Å²) in [5, 5.41) is 40.6. The fourth-order valence-electron chi connectivity index (χ4n) is 11.1. The summed E-state index contributed by atoms with van der Waals surface area (Å²) in [6.45, 7) is 7.88. The van der Waals surface area contributed by atoms with E-state index in [9.17, 15) is 44.1 Å². The van der Waals surface area contributed by atoms with E-state index in [4.69, 9.17) is 23.7 Å². The summed E-state index contributed by atoms with van der Waals surface area (Å²) in [5.41, 5.74) is -6.67. The normalized spacial score (nSPS) is 29.5. The van der Waals surface area contributed by atoms with Crippen LogP contribution < -0.4 is 5.32 Å². The molecule has 16 nitrogen and oxygen atoms in total. The second-order valence-corrected chi connectivity index (χ2v) is 19.3. The van der Waals surface area contributed by atoms with Crippen molar-refractivity contribution in [2.45, 2.75) is 108 Å². The van der Waals surface area contributed by atoms with Crippen LogP contribution in [0.5, 0.6) is 0 Å². The van der Waals surface area contributed by atoms with Crippen molar-refractivity contribution >= 4 is 41.4 Å². The first-order chi connectivity index (χ1) is 33.1. The number of Topliss-reactive ketones (excluding diaryl/α,β-unsaturated/α-hetero) is 1. The first kappa shape index (κ1) is 49.6. The van der Waals surface area contributed by atoms with Crippen molar-refractivity contribution in [3.05, 3.63) is 154 Å². The summed E-state index contributed by atoms with van der Waals surface area (Å²) >= 11 is 0. The fourth-order valence-corrected chi connectivity index (χ4v) is 11.1. The summed E-state index contributed by atoms with van der Waals surface area (Å²) in [7, 11) is 0. The van der Waals surface area contributed by atoms with Gasteiger partial charge >= 0.3 is 23.9 Å². The molecular weight excluding hydrogens is 903 g/mol. The summed E-state index contributed by atoms with van der Waals surface area (Å²) in [6, 6.07) is 28.9. The van der Waals surface area contributed by atoms with Crippen LogP contribution in [0, 0.1) is 16.7 Å². The predicted octanol–water partition coefficient (Wildman–Crippen LogP) is 4.97. The van der Waals surface area contributed by atoms with Crippen LogP contribution in [0.15, 0.2) is 126 Å². The minimum atomic E-state index is -2.43. The number of carbonyl (C=O) groups excluding carboxylic acids is 7. The molecule has 1 amide bonds. The smallest absolute Gasteiger partial charge is 0.338 e. The molecule has 4 N–H and O–H groups in total. The molecule has 2 bridgehead atoms. The monoisotopic (exact) mass is 957 g/mol. The van der Waals surface area contributed by atoms with Crippen molar-refractivity contribution in [1.29, 1.82) is 0 Å². The number of carbonyl (C=O) groups is 7. The van der Waals surface area contributed by atoms with Crippen molar-refractivity contribution in [2.75, 3.05) is 6.61 Å². The molecule has 2 saturated carbocycles. The van der Waals surface area contributed by atoms with Gasteiger partial charge in [-0.05, 0) is 54.8 Å². The second-order valence-electron chi connectivity index (χ2n) is 19.3. The number of nitrogens with one attached hydrogen (secondary N) is 1. The van der Waals surface area contributed by atoms with Crippen molar-refractivity contribution in [1.82, 2.24) is 5.32 Å². The Hall–Kier alpha value is -6.85. The Morgan fingerprint density at radius 1 is 0.743 bits per heavy atom. The molecule has 4 aromatic rings. The van der Waals surface area contributed by atoms with Crippen molar-refractivity contribution < 1.29 is 72.6 Å². The van der Waals surface area contributed by atoms with E-state index >= 15 is 4.79 Å². The van der Waals surface area contributed by atoms with Gasteiger partial charge in [-0.25, -0.2) is 9.59 Å². The van der Waals surface area contributed by atoms with Gasteiger partial charge in [0, 0.05) is 48.8 Å². The lowest BCUT2D eigenvalue weighted by Crippen LogP contribution is -2.82. The van der Waals surface area contributed by atoms with Crippen LogP contribution in [-0.4, -0.2) is 111 Å². The summed E-state index contributed by atoms with van der Waals surface area (Å²) in [4.78, 5) is 97.6. The number of benzene rings is 4. The Kier molecular flexibility index (Phi) is 13.3. The van der Waals surface area contributed by atoms with E-state index < -0.39 is 113 Å². The largest absolute Gasteiger partial charge is 0.456 e. The number of ether oxygens (including phenoxy) is 5. The van der Waals surface area contributed by atoms with Gasteiger partial charge < -0.3 is 44.3 Å². The molecule has 1 unspecified atom stereocenters. The highest BCUT2D eigenvalue weighted by Crippen LogP contribution is 2.64. The zero-order chi connectivity index (χ0) is 50.5. The molecule has 0 aromatic heterocycles. The van der Waals surface area contributed by atoms with Crippen LogP contribution in [-0.2, 0) is 42.9 Å². The summed E-state index contributed by atoms with van der Waals surface area (Å²) < 4.78 is 30.4. The van der Waals surface area contributed by atoms with Crippen LogP contribution in [0.4, 0.5) is 0 Å². The third-order valence-corrected chi connectivity index (χ3v) is 14.9. The molecule has 11 atom stereocenters. The van der Waals surface area contributed by atoms with E-state index in [-0.39, 0.29) is 41.1 Å². The van der Waals surface area contributed by atoms with Crippen molar-refractivity contribution in [3.63, 3.8) is 0 Å². The zero-order valence-electron chi connectivity index (χ0n) is 39.5. The molecule has 366 valence electrons. The maximum absolute atomic E-state index is 15.6.